The van der Waals surface area contributed by atoms with Gasteiger partial charge in [0.25, 0.3) is 0 Å². The van der Waals surface area contributed by atoms with Crippen LogP contribution in [0.15, 0.2) is 30.5 Å². The number of rotatable bonds is 4. The average molecular weight is 231 g/mol. The molecule has 1 aromatic carbocycles. The Balaban J connectivity index is 2.11. The molecule has 1 aromatic heterocycles. The first-order chi connectivity index (χ1) is 8.20. The summed E-state index contributed by atoms with van der Waals surface area (Å²) in [5.41, 5.74) is 7.66. The molecule has 90 valence electrons. The van der Waals surface area contributed by atoms with Gasteiger partial charge >= 0.3 is 0 Å². The number of anilines is 2. The molecule has 0 radical (unpaired) electrons. The van der Waals surface area contributed by atoms with Crippen molar-refractivity contribution >= 4 is 11.5 Å². The maximum absolute atomic E-state index is 5.66. The average Bonchev–Trinajstić information content (AvgIpc) is 2.80. The fourth-order valence-corrected chi connectivity index (χ4v) is 1.75. The maximum Gasteiger partial charge on any atom is 0.147 e. The van der Waals surface area contributed by atoms with Crippen LogP contribution in [0.2, 0.25) is 0 Å². The van der Waals surface area contributed by atoms with Crippen LogP contribution in [0.5, 0.6) is 0 Å². The Kier molecular flexibility index (Phi) is 3.27. The fourth-order valence-electron chi connectivity index (χ4n) is 1.75. The molecule has 0 bridgehead atoms. The number of aromatic nitrogens is 3. The Morgan fingerprint density at radius 3 is 2.65 bits per heavy atom. The summed E-state index contributed by atoms with van der Waals surface area (Å²) in [5, 5.41) is 7.94. The smallest absolute Gasteiger partial charge is 0.147 e. The molecule has 0 fully saturated rings. The van der Waals surface area contributed by atoms with E-state index in [0.29, 0.717) is 0 Å². The van der Waals surface area contributed by atoms with Gasteiger partial charge in [0.2, 0.25) is 0 Å². The zero-order chi connectivity index (χ0) is 12.3. The highest BCUT2D eigenvalue weighted by molar-refractivity contribution is 5.41. The number of nitrogens with two attached hydrogens (primary N) is 1. The first kappa shape index (κ1) is 11.4. The molecule has 5 nitrogen and oxygen atoms in total. The van der Waals surface area contributed by atoms with E-state index in [4.69, 9.17) is 5.73 Å². The molecule has 2 aromatic rings. The van der Waals surface area contributed by atoms with E-state index in [1.54, 1.807) is 6.20 Å². The van der Waals surface area contributed by atoms with E-state index in [2.05, 4.69) is 22.1 Å². The molecule has 0 unspecified atom stereocenters. The molecule has 0 aliphatic rings. The zero-order valence-corrected chi connectivity index (χ0v) is 10.2. The van der Waals surface area contributed by atoms with E-state index in [1.807, 2.05) is 36.0 Å². The first-order valence-corrected chi connectivity index (χ1v) is 5.64. The third-order valence-electron chi connectivity index (χ3n) is 2.69. The Hall–Kier alpha value is -2.04. The molecular formula is C12H17N5. The van der Waals surface area contributed by atoms with Crippen molar-refractivity contribution in [3.63, 3.8) is 0 Å². The number of nitrogens with zero attached hydrogens (tertiary/aromatic N) is 4. The quantitative estimate of drug-likeness (QED) is 0.810. The van der Waals surface area contributed by atoms with Gasteiger partial charge < -0.3 is 10.6 Å². The van der Waals surface area contributed by atoms with Gasteiger partial charge in [-0.1, -0.05) is 17.3 Å². The minimum absolute atomic E-state index is 0.789. The summed E-state index contributed by atoms with van der Waals surface area (Å²) < 4.78 is 1.87. The van der Waals surface area contributed by atoms with Gasteiger partial charge in [-0.05, 0) is 24.6 Å². The second-order valence-corrected chi connectivity index (χ2v) is 4.01. The van der Waals surface area contributed by atoms with E-state index >= 15 is 0 Å². The number of nitrogen functional groups attached to an aromatic ring is 1. The molecule has 17 heavy (non-hydrogen) atoms. The van der Waals surface area contributed by atoms with Crippen molar-refractivity contribution < 1.29 is 0 Å². The minimum atomic E-state index is 0.789. The van der Waals surface area contributed by atoms with Crippen LogP contribution in [0.4, 0.5) is 11.5 Å². The summed E-state index contributed by atoms with van der Waals surface area (Å²) in [6.45, 7) is 3.68. The Labute approximate surface area is 101 Å². The second-order valence-electron chi connectivity index (χ2n) is 4.01. The van der Waals surface area contributed by atoms with Crippen LogP contribution in [-0.2, 0) is 13.1 Å². The number of benzene rings is 1. The lowest BCUT2D eigenvalue weighted by Crippen LogP contribution is -2.20. The summed E-state index contributed by atoms with van der Waals surface area (Å²) in [5.74, 6) is 1.02. The number of hydrogen-bond donors (Lipinski definition) is 1. The van der Waals surface area contributed by atoms with Crippen molar-refractivity contribution in [1.29, 1.82) is 0 Å². The van der Waals surface area contributed by atoms with E-state index in [1.165, 1.54) is 5.56 Å². The second kappa shape index (κ2) is 4.86. The third kappa shape index (κ3) is 2.55. The fraction of sp³-hybridized carbons (Fsp3) is 0.333. The van der Waals surface area contributed by atoms with Crippen molar-refractivity contribution in [2.24, 2.45) is 0 Å². The van der Waals surface area contributed by atoms with Crippen LogP contribution in [0, 0.1) is 0 Å². The van der Waals surface area contributed by atoms with E-state index in [9.17, 15) is 0 Å². The lowest BCUT2D eigenvalue weighted by molar-refractivity contribution is 0.617. The van der Waals surface area contributed by atoms with Crippen LogP contribution in [0.25, 0.3) is 0 Å². The first-order valence-electron chi connectivity index (χ1n) is 5.64. The van der Waals surface area contributed by atoms with Crippen molar-refractivity contribution in [2.45, 2.75) is 20.0 Å². The van der Waals surface area contributed by atoms with Gasteiger partial charge in [-0.15, -0.1) is 5.10 Å². The van der Waals surface area contributed by atoms with Crippen molar-refractivity contribution in [1.82, 2.24) is 15.0 Å². The van der Waals surface area contributed by atoms with Gasteiger partial charge in [0.15, 0.2) is 0 Å². The van der Waals surface area contributed by atoms with Gasteiger partial charge in [0.05, 0.1) is 6.20 Å². The Bertz CT molecular complexity index is 474. The van der Waals surface area contributed by atoms with Crippen LogP contribution < -0.4 is 10.6 Å². The molecule has 0 atom stereocenters. The third-order valence-corrected chi connectivity index (χ3v) is 2.69. The Morgan fingerprint density at radius 2 is 2.00 bits per heavy atom. The van der Waals surface area contributed by atoms with E-state index < -0.39 is 0 Å². The summed E-state index contributed by atoms with van der Waals surface area (Å²) >= 11 is 0. The molecule has 2 rings (SSSR count). The van der Waals surface area contributed by atoms with Crippen molar-refractivity contribution in [2.75, 3.05) is 17.7 Å². The summed E-state index contributed by atoms with van der Waals surface area (Å²) in [6.07, 6.45) is 1.78. The number of hydrogen-bond acceptors (Lipinski definition) is 4. The predicted molar refractivity (Wildman–Crippen MR) is 68.7 cm³/mol. The van der Waals surface area contributed by atoms with Crippen molar-refractivity contribution in [3.05, 3.63) is 36.0 Å². The molecule has 0 amide bonds. The topological polar surface area (TPSA) is 60.0 Å². The van der Waals surface area contributed by atoms with Gasteiger partial charge in [-0.25, -0.2) is 4.68 Å². The van der Waals surface area contributed by atoms with Crippen LogP contribution in [0.3, 0.4) is 0 Å². The summed E-state index contributed by atoms with van der Waals surface area (Å²) in [6, 6.07) is 7.90. The molecule has 5 heteroatoms. The highest BCUT2D eigenvalue weighted by atomic mass is 15.5. The molecule has 0 aliphatic heterocycles. The lowest BCUT2D eigenvalue weighted by Gasteiger charge is -2.19. The highest BCUT2D eigenvalue weighted by Crippen LogP contribution is 2.14. The van der Waals surface area contributed by atoms with Gasteiger partial charge in [-0.3, -0.25) is 0 Å². The highest BCUT2D eigenvalue weighted by Gasteiger charge is 2.08. The lowest BCUT2D eigenvalue weighted by atomic mass is 10.2. The molecule has 1 heterocycles. The molecule has 0 saturated heterocycles. The van der Waals surface area contributed by atoms with Crippen LogP contribution in [0.1, 0.15) is 12.5 Å². The van der Waals surface area contributed by atoms with Crippen LogP contribution in [-0.4, -0.2) is 22.0 Å². The van der Waals surface area contributed by atoms with Gasteiger partial charge in [-0.2, -0.15) is 0 Å². The summed E-state index contributed by atoms with van der Waals surface area (Å²) in [7, 11) is 2.03. The Morgan fingerprint density at radius 1 is 1.29 bits per heavy atom. The van der Waals surface area contributed by atoms with Gasteiger partial charge in [0.1, 0.15) is 5.82 Å². The van der Waals surface area contributed by atoms with E-state index in [-0.39, 0.29) is 0 Å². The molecule has 0 spiro atoms. The van der Waals surface area contributed by atoms with Gasteiger partial charge in [0, 0.05) is 25.8 Å². The van der Waals surface area contributed by atoms with E-state index in [0.717, 1.165) is 24.6 Å². The number of aryl methyl sites for hydroxylation is 1. The molecular weight excluding hydrogens is 214 g/mol. The maximum atomic E-state index is 5.66. The largest absolute Gasteiger partial charge is 0.399 e. The molecule has 2 N–H and O–H groups in total. The zero-order valence-electron chi connectivity index (χ0n) is 10.2. The predicted octanol–water partition coefficient (Wildman–Crippen LogP) is 1.52. The minimum Gasteiger partial charge on any atom is -0.399 e. The molecule has 0 saturated carbocycles. The standard InChI is InChI=1S/C12H17N5/c1-3-17-12(8-14-15-17)16(2)9-10-4-6-11(13)7-5-10/h4-8H,3,9,13H2,1-2H3. The normalized spacial score (nSPS) is 10.5. The van der Waals surface area contributed by atoms with Crippen LogP contribution >= 0.6 is 0 Å². The summed E-state index contributed by atoms with van der Waals surface area (Å²) in [4.78, 5) is 2.12. The van der Waals surface area contributed by atoms with Crippen molar-refractivity contribution in [3.8, 4) is 0 Å². The monoisotopic (exact) mass is 231 g/mol. The molecule has 0 aliphatic carbocycles. The SMILES string of the molecule is CCn1nncc1N(C)Cc1ccc(N)cc1.